The first-order valence-electron chi connectivity index (χ1n) is 10.4. The topological polar surface area (TPSA) is 66.5 Å². The molecule has 1 unspecified atom stereocenters. The third-order valence-corrected chi connectivity index (χ3v) is 7.95. The molecule has 1 saturated heterocycles. The van der Waals surface area contributed by atoms with Gasteiger partial charge in [0.1, 0.15) is 0 Å². The predicted octanol–water partition coefficient (Wildman–Crippen LogP) is 2.90. The molecule has 2 aromatic carbocycles. The summed E-state index contributed by atoms with van der Waals surface area (Å²) in [4.78, 5) is 12.7. The highest BCUT2D eigenvalue weighted by molar-refractivity contribution is 7.88. The molecule has 0 bridgehead atoms. The zero-order chi connectivity index (χ0) is 20.3. The molecular weight excluding hydrogens is 384 g/mol. The second-order valence-corrected chi connectivity index (χ2v) is 10.1. The summed E-state index contributed by atoms with van der Waals surface area (Å²) in [7, 11) is -3.34. The number of benzene rings is 2. The molecule has 2 aliphatic rings. The van der Waals surface area contributed by atoms with E-state index in [1.54, 1.807) is 4.31 Å². The molecule has 1 atom stereocenters. The highest BCUT2D eigenvalue weighted by Gasteiger charge is 2.32. The summed E-state index contributed by atoms with van der Waals surface area (Å²) in [5.41, 5.74) is 3.51. The van der Waals surface area contributed by atoms with Gasteiger partial charge in [-0.15, -0.1) is 0 Å². The standard InChI is InChI=1S/C23H28N2O3S/c26-23(24-22-11-10-19-8-4-5-9-21(19)16-22)20-12-14-25(15-13-20)29(27,28)17-18-6-2-1-3-7-18/h1-9,20,22H,10-17H2,(H,24,26). The maximum absolute atomic E-state index is 12.7. The minimum atomic E-state index is -3.34. The molecule has 1 heterocycles. The van der Waals surface area contributed by atoms with Gasteiger partial charge in [0.2, 0.25) is 15.9 Å². The summed E-state index contributed by atoms with van der Waals surface area (Å²) in [6, 6.07) is 17.9. The van der Waals surface area contributed by atoms with Crippen LogP contribution in [0.1, 0.15) is 36.0 Å². The Morgan fingerprint density at radius 3 is 2.31 bits per heavy atom. The molecule has 1 N–H and O–H groups in total. The molecule has 154 valence electrons. The van der Waals surface area contributed by atoms with Crippen LogP contribution in [0.3, 0.4) is 0 Å². The number of sulfonamides is 1. The van der Waals surface area contributed by atoms with Crippen molar-refractivity contribution >= 4 is 15.9 Å². The van der Waals surface area contributed by atoms with Crippen LogP contribution in [0.4, 0.5) is 0 Å². The van der Waals surface area contributed by atoms with Crippen molar-refractivity contribution < 1.29 is 13.2 Å². The van der Waals surface area contributed by atoms with E-state index in [0.29, 0.717) is 25.9 Å². The van der Waals surface area contributed by atoms with Crippen LogP contribution in [0.2, 0.25) is 0 Å². The zero-order valence-corrected chi connectivity index (χ0v) is 17.4. The highest BCUT2D eigenvalue weighted by atomic mass is 32.2. The Balaban J connectivity index is 1.29. The lowest BCUT2D eigenvalue weighted by atomic mass is 9.87. The number of carbonyl (C=O) groups excluding carboxylic acids is 1. The summed E-state index contributed by atoms with van der Waals surface area (Å²) in [6.07, 6.45) is 4.02. The lowest BCUT2D eigenvalue weighted by Crippen LogP contribution is -2.46. The number of hydrogen-bond acceptors (Lipinski definition) is 3. The predicted molar refractivity (Wildman–Crippen MR) is 114 cm³/mol. The van der Waals surface area contributed by atoms with Crippen molar-refractivity contribution in [3.05, 3.63) is 71.3 Å². The molecule has 29 heavy (non-hydrogen) atoms. The Hall–Kier alpha value is -2.18. The number of hydrogen-bond donors (Lipinski definition) is 1. The average molecular weight is 413 g/mol. The number of amides is 1. The fraction of sp³-hybridized carbons (Fsp3) is 0.435. The lowest BCUT2D eigenvalue weighted by molar-refractivity contribution is -0.126. The van der Waals surface area contributed by atoms with E-state index in [2.05, 4.69) is 29.6 Å². The fourth-order valence-corrected chi connectivity index (χ4v) is 5.98. The second kappa shape index (κ2) is 8.67. The maximum Gasteiger partial charge on any atom is 0.223 e. The monoisotopic (exact) mass is 412 g/mol. The normalized spacial score (nSPS) is 20.8. The van der Waals surface area contributed by atoms with E-state index in [0.717, 1.165) is 24.8 Å². The van der Waals surface area contributed by atoms with Crippen LogP contribution < -0.4 is 5.32 Å². The Bertz CT molecular complexity index is 951. The van der Waals surface area contributed by atoms with Gasteiger partial charge in [-0.2, -0.15) is 0 Å². The van der Waals surface area contributed by atoms with Gasteiger partial charge >= 0.3 is 0 Å². The van der Waals surface area contributed by atoms with E-state index in [1.807, 2.05) is 30.3 Å². The van der Waals surface area contributed by atoms with Crippen molar-refractivity contribution in [2.24, 2.45) is 5.92 Å². The number of carbonyl (C=O) groups is 1. The van der Waals surface area contributed by atoms with Gasteiger partial charge in [0.05, 0.1) is 5.75 Å². The first-order valence-corrected chi connectivity index (χ1v) is 12.0. The number of aryl methyl sites for hydroxylation is 1. The Kier molecular flexibility index (Phi) is 6.01. The SMILES string of the molecule is O=C(NC1CCc2ccccc2C1)C1CCN(S(=O)(=O)Cc2ccccc2)CC1. The molecule has 2 aromatic rings. The van der Waals surface area contributed by atoms with Crippen molar-refractivity contribution in [3.63, 3.8) is 0 Å². The van der Waals surface area contributed by atoms with Crippen LogP contribution in [0.25, 0.3) is 0 Å². The van der Waals surface area contributed by atoms with Crippen LogP contribution in [-0.2, 0) is 33.4 Å². The van der Waals surface area contributed by atoms with Crippen LogP contribution in [0, 0.1) is 5.92 Å². The fourth-order valence-electron chi connectivity index (χ4n) is 4.41. The third kappa shape index (κ3) is 4.87. The third-order valence-electron chi connectivity index (χ3n) is 6.10. The first-order chi connectivity index (χ1) is 14.0. The highest BCUT2D eigenvalue weighted by Crippen LogP contribution is 2.24. The number of piperidine rings is 1. The Labute approximate surface area is 173 Å². The molecule has 1 aliphatic heterocycles. The summed E-state index contributed by atoms with van der Waals surface area (Å²) >= 11 is 0. The van der Waals surface area contributed by atoms with Gasteiger partial charge in [0, 0.05) is 25.0 Å². The molecule has 6 heteroatoms. The first kappa shape index (κ1) is 20.1. The molecule has 1 aliphatic carbocycles. The van der Waals surface area contributed by atoms with E-state index in [9.17, 15) is 13.2 Å². The van der Waals surface area contributed by atoms with Crippen molar-refractivity contribution in [3.8, 4) is 0 Å². The number of nitrogens with one attached hydrogen (secondary N) is 1. The number of nitrogens with zero attached hydrogens (tertiary/aromatic N) is 1. The van der Waals surface area contributed by atoms with Crippen molar-refractivity contribution in [2.75, 3.05) is 13.1 Å². The molecule has 5 nitrogen and oxygen atoms in total. The minimum absolute atomic E-state index is 0.0200. The molecule has 0 aromatic heterocycles. The lowest BCUT2D eigenvalue weighted by Gasteiger charge is -2.32. The van der Waals surface area contributed by atoms with Gasteiger partial charge in [0.25, 0.3) is 0 Å². The Morgan fingerprint density at radius 1 is 0.931 bits per heavy atom. The zero-order valence-electron chi connectivity index (χ0n) is 16.6. The average Bonchev–Trinajstić information content (AvgIpc) is 2.74. The quantitative estimate of drug-likeness (QED) is 0.821. The van der Waals surface area contributed by atoms with Crippen LogP contribution in [0.5, 0.6) is 0 Å². The van der Waals surface area contributed by atoms with Gasteiger partial charge in [-0.1, -0.05) is 54.6 Å². The van der Waals surface area contributed by atoms with Gasteiger partial charge in [-0.05, 0) is 48.8 Å². The van der Waals surface area contributed by atoms with Crippen LogP contribution in [0.15, 0.2) is 54.6 Å². The summed E-state index contributed by atoms with van der Waals surface area (Å²) < 4.78 is 26.9. The van der Waals surface area contributed by atoms with E-state index >= 15 is 0 Å². The maximum atomic E-state index is 12.7. The second-order valence-electron chi connectivity index (χ2n) is 8.13. The van der Waals surface area contributed by atoms with Crippen molar-refractivity contribution in [1.29, 1.82) is 0 Å². The number of rotatable bonds is 5. The van der Waals surface area contributed by atoms with Crippen LogP contribution >= 0.6 is 0 Å². The van der Waals surface area contributed by atoms with Crippen molar-refractivity contribution in [1.82, 2.24) is 9.62 Å². The van der Waals surface area contributed by atoms with Crippen molar-refractivity contribution in [2.45, 2.75) is 43.9 Å². The largest absolute Gasteiger partial charge is 0.353 e. The summed E-state index contributed by atoms with van der Waals surface area (Å²) in [6.45, 7) is 0.835. The van der Waals surface area contributed by atoms with Gasteiger partial charge < -0.3 is 5.32 Å². The molecule has 0 radical (unpaired) electrons. The van der Waals surface area contributed by atoms with Crippen LogP contribution in [-0.4, -0.2) is 37.8 Å². The van der Waals surface area contributed by atoms with Gasteiger partial charge in [0.15, 0.2) is 0 Å². The minimum Gasteiger partial charge on any atom is -0.353 e. The van der Waals surface area contributed by atoms with E-state index in [-0.39, 0.29) is 23.6 Å². The molecular formula is C23H28N2O3S. The van der Waals surface area contributed by atoms with Gasteiger partial charge in [-0.25, -0.2) is 12.7 Å². The molecule has 4 rings (SSSR count). The number of fused-ring (bicyclic) bond motifs is 1. The Morgan fingerprint density at radius 2 is 1.59 bits per heavy atom. The summed E-state index contributed by atoms with van der Waals surface area (Å²) in [5.74, 6) is -0.00328. The smallest absolute Gasteiger partial charge is 0.223 e. The van der Waals surface area contributed by atoms with Gasteiger partial charge in [-0.3, -0.25) is 4.79 Å². The molecule has 0 saturated carbocycles. The van der Waals surface area contributed by atoms with E-state index in [1.165, 1.54) is 11.1 Å². The molecule has 1 amide bonds. The molecule has 1 fully saturated rings. The van der Waals surface area contributed by atoms with E-state index < -0.39 is 10.0 Å². The van der Waals surface area contributed by atoms with E-state index in [4.69, 9.17) is 0 Å². The molecule has 0 spiro atoms. The summed E-state index contributed by atoms with van der Waals surface area (Å²) in [5, 5.41) is 3.22.